The highest BCUT2D eigenvalue weighted by Crippen LogP contribution is 2.49. The van der Waals surface area contributed by atoms with E-state index in [1.54, 1.807) is 0 Å². The first-order valence-electron chi connectivity index (χ1n) is 31.8. The highest BCUT2D eigenvalue weighted by molar-refractivity contribution is 6.28. The lowest BCUT2D eigenvalue weighted by Gasteiger charge is -2.18. The van der Waals surface area contributed by atoms with Gasteiger partial charge in [-0.15, -0.1) is 0 Å². The van der Waals surface area contributed by atoms with Gasteiger partial charge in [-0.05, 0) is 165 Å². The number of hydrogen-bond acceptors (Lipinski definition) is 3. The molecular formula is C88H57N5. The zero-order valence-electron chi connectivity index (χ0n) is 51.0. The van der Waals surface area contributed by atoms with Crippen LogP contribution in [-0.4, -0.2) is 24.1 Å². The third kappa shape index (κ3) is 8.66. The maximum atomic E-state index is 5.47. The number of nitrogens with zero attached hydrogens (tertiary/aromatic N) is 5. The fraction of sp³-hybridized carbons (Fsp3) is 0.0114. The van der Waals surface area contributed by atoms with Crippen LogP contribution >= 0.6 is 0 Å². The van der Waals surface area contributed by atoms with Crippen molar-refractivity contribution in [2.75, 3.05) is 0 Å². The van der Waals surface area contributed by atoms with Crippen LogP contribution in [0.5, 0.6) is 0 Å². The van der Waals surface area contributed by atoms with Crippen LogP contribution in [0, 0.1) is 6.92 Å². The molecule has 93 heavy (non-hydrogen) atoms. The Kier molecular flexibility index (Phi) is 12.5. The summed E-state index contributed by atoms with van der Waals surface area (Å²) in [6, 6.07) is 108. The first-order valence-corrected chi connectivity index (χ1v) is 31.8. The van der Waals surface area contributed by atoms with Crippen LogP contribution in [-0.2, 0) is 0 Å². The van der Waals surface area contributed by atoms with E-state index in [4.69, 9.17) is 15.0 Å². The molecule has 3 aromatic heterocycles. The Morgan fingerprint density at radius 3 is 1.27 bits per heavy atom. The molecule has 0 N–H and O–H groups in total. The minimum Gasteiger partial charge on any atom is -0.311 e. The maximum absolute atomic E-state index is 5.47. The van der Waals surface area contributed by atoms with Gasteiger partial charge in [0.05, 0.1) is 16.6 Å². The summed E-state index contributed by atoms with van der Waals surface area (Å²) in [7, 11) is 0. The second-order valence-electron chi connectivity index (χ2n) is 24.2. The van der Waals surface area contributed by atoms with Crippen LogP contribution in [0.3, 0.4) is 0 Å². The summed E-state index contributed by atoms with van der Waals surface area (Å²) in [5.41, 5.74) is 17.0. The van der Waals surface area contributed by atoms with E-state index >= 15 is 0 Å². The SMILES string of the molecule is C=C/C=C\c1c(C)n(-c2ccccc2)c2c1c(-c1ccc(-c3ccc4c5ccccc5c5ccccc5c4c3)cc1-c1cccc(-c3ccc4c5ccccc5c5ccccc5c4c3)c1)cc1c3ccccc3n(-c3nc(-c4ccccc4)nc(-c4ccccc4)n3)c12. The molecule has 15 aromatic carbocycles. The first kappa shape index (κ1) is 53.7. The smallest absolute Gasteiger partial charge is 0.238 e. The van der Waals surface area contributed by atoms with E-state index in [9.17, 15) is 0 Å². The van der Waals surface area contributed by atoms with Crippen LogP contribution < -0.4 is 0 Å². The number of allylic oxidation sites excluding steroid dienone is 2. The summed E-state index contributed by atoms with van der Waals surface area (Å²) in [6.07, 6.45) is 6.18. The molecule has 0 atom stereocenters. The molecule has 5 heteroatoms. The predicted molar refractivity (Wildman–Crippen MR) is 393 cm³/mol. The minimum absolute atomic E-state index is 0.525. The zero-order chi connectivity index (χ0) is 61.7. The number of para-hydroxylation sites is 2. The van der Waals surface area contributed by atoms with Crippen LogP contribution in [0.1, 0.15) is 11.3 Å². The molecule has 0 fully saturated rings. The van der Waals surface area contributed by atoms with Gasteiger partial charge in [0.15, 0.2) is 11.6 Å². The zero-order valence-corrected chi connectivity index (χ0v) is 51.0. The Labute approximate surface area is 537 Å². The fourth-order valence-electron chi connectivity index (χ4n) is 14.9. The molecular weight excluding hydrogens is 1130 g/mol. The van der Waals surface area contributed by atoms with E-state index in [2.05, 4.69) is 296 Å². The monoisotopic (exact) mass is 1180 g/mol. The summed E-state index contributed by atoms with van der Waals surface area (Å²) >= 11 is 0. The van der Waals surface area contributed by atoms with Crippen molar-refractivity contribution in [1.82, 2.24) is 24.1 Å². The average Bonchev–Trinajstić information content (AvgIpc) is 1.56. The lowest BCUT2D eigenvalue weighted by atomic mass is 9.86. The molecule has 0 aliphatic heterocycles. The number of benzene rings is 15. The normalized spacial score (nSPS) is 11.9. The van der Waals surface area contributed by atoms with Gasteiger partial charge in [0.1, 0.15) is 0 Å². The van der Waals surface area contributed by atoms with Gasteiger partial charge in [0, 0.05) is 44.2 Å². The van der Waals surface area contributed by atoms with Crippen molar-refractivity contribution < 1.29 is 0 Å². The quantitative estimate of drug-likeness (QED) is 0.101. The van der Waals surface area contributed by atoms with Crippen LogP contribution in [0.25, 0.3) is 182 Å². The van der Waals surface area contributed by atoms with Crippen LogP contribution in [0.2, 0.25) is 0 Å². The molecule has 0 amide bonds. The van der Waals surface area contributed by atoms with E-state index in [0.29, 0.717) is 17.6 Å². The van der Waals surface area contributed by atoms with Crippen molar-refractivity contribution >= 4 is 103 Å². The van der Waals surface area contributed by atoms with Gasteiger partial charge >= 0.3 is 0 Å². The van der Waals surface area contributed by atoms with Gasteiger partial charge < -0.3 is 4.57 Å². The van der Waals surface area contributed by atoms with Crippen molar-refractivity contribution in [3.63, 3.8) is 0 Å². The van der Waals surface area contributed by atoms with Crippen molar-refractivity contribution in [3.05, 3.63) is 327 Å². The van der Waals surface area contributed by atoms with Gasteiger partial charge in [-0.3, -0.25) is 4.57 Å². The molecule has 0 saturated heterocycles. The summed E-state index contributed by atoms with van der Waals surface area (Å²) in [5, 5.41) is 18.3. The summed E-state index contributed by atoms with van der Waals surface area (Å²) < 4.78 is 4.73. The number of aromatic nitrogens is 5. The van der Waals surface area contributed by atoms with Crippen LogP contribution in [0.15, 0.2) is 316 Å². The van der Waals surface area contributed by atoms with E-state index in [1.165, 1.54) is 64.6 Å². The van der Waals surface area contributed by atoms with Crippen molar-refractivity contribution in [1.29, 1.82) is 0 Å². The number of fused-ring (bicyclic) bond motifs is 17. The molecule has 5 nitrogen and oxygen atoms in total. The van der Waals surface area contributed by atoms with Gasteiger partial charge in [-0.2, -0.15) is 9.97 Å². The fourth-order valence-corrected chi connectivity index (χ4v) is 14.9. The topological polar surface area (TPSA) is 48.5 Å². The lowest BCUT2D eigenvalue weighted by Crippen LogP contribution is -2.07. The number of hydrogen-bond donors (Lipinski definition) is 0. The Balaban J connectivity index is 0.943. The second-order valence-corrected chi connectivity index (χ2v) is 24.2. The summed E-state index contributed by atoms with van der Waals surface area (Å²) in [5.74, 6) is 1.71. The molecule has 0 radical (unpaired) electrons. The third-order valence-corrected chi connectivity index (χ3v) is 19.1. The molecule has 0 unspecified atom stereocenters. The third-order valence-electron chi connectivity index (χ3n) is 19.1. The van der Waals surface area contributed by atoms with Gasteiger partial charge in [0.25, 0.3) is 0 Å². The molecule has 0 saturated carbocycles. The van der Waals surface area contributed by atoms with E-state index in [1.807, 2.05) is 42.5 Å². The Bertz CT molecular complexity index is 6010. The standard InChI is InChI=1S/C88H57N5/c1-3-4-33-64-55(2)92(63-31-12-7-13-32-63)85-83(64)80(54-81-76-42-22-23-43-82(76)93(84(81)85)88-90-86(56-25-8-5-9-26-56)89-87(91-88)57-27-10-6-11-28-57)75-49-46-59(61-45-48-74-70-39-17-15-35-66(70)68-37-19-21-41-72(68)79(74)53-61)51-77(75)62-30-24-29-58(50-62)60-44-47-73-69-38-16-14-34-65(69)67-36-18-20-40-71(67)78(73)52-60/h3-54H,1H2,2H3/b33-4-. The second kappa shape index (κ2) is 21.7. The van der Waals surface area contributed by atoms with Crippen molar-refractivity contribution in [3.8, 4) is 78.9 Å². The van der Waals surface area contributed by atoms with Gasteiger partial charge in [-0.1, -0.05) is 274 Å². The highest BCUT2D eigenvalue weighted by Gasteiger charge is 2.28. The van der Waals surface area contributed by atoms with Crippen LogP contribution in [0.4, 0.5) is 0 Å². The lowest BCUT2D eigenvalue weighted by molar-refractivity contribution is 0.951. The molecule has 434 valence electrons. The Morgan fingerprint density at radius 1 is 0.301 bits per heavy atom. The maximum Gasteiger partial charge on any atom is 0.238 e. The minimum atomic E-state index is 0.525. The van der Waals surface area contributed by atoms with Gasteiger partial charge in [0.2, 0.25) is 5.95 Å². The Hall–Kier alpha value is -12.3. The summed E-state index contributed by atoms with van der Waals surface area (Å²) in [4.78, 5) is 16.1. The predicted octanol–water partition coefficient (Wildman–Crippen LogP) is 23.3. The molecule has 18 aromatic rings. The summed E-state index contributed by atoms with van der Waals surface area (Å²) in [6.45, 7) is 6.48. The molecule has 0 aliphatic rings. The van der Waals surface area contributed by atoms with E-state index in [-0.39, 0.29) is 0 Å². The molecule has 3 heterocycles. The first-order chi connectivity index (χ1) is 46.0. The van der Waals surface area contributed by atoms with Gasteiger partial charge in [-0.25, -0.2) is 4.98 Å². The average molecular weight is 1180 g/mol. The largest absolute Gasteiger partial charge is 0.311 e. The van der Waals surface area contributed by atoms with E-state index < -0.39 is 0 Å². The molecule has 0 bridgehead atoms. The van der Waals surface area contributed by atoms with Crippen molar-refractivity contribution in [2.45, 2.75) is 6.92 Å². The highest BCUT2D eigenvalue weighted by atomic mass is 15.2. The molecule has 18 rings (SSSR count). The van der Waals surface area contributed by atoms with Crippen molar-refractivity contribution in [2.24, 2.45) is 0 Å². The molecule has 0 spiro atoms. The number of rotatable bonds is 10. The van der Waals surface area contributed by atoms with E-state index in [0.717, 1.165) is 105 Å². The molecule has 0 aliphatic carbocycles. The Morgan fingerprint density at radius 2 is 0.731 bits per heavy atom.